The minimum absolute atomic E-state index is 0.589. The summed E-state index contributed by atoms with van der Waals surface area (Å²) in [4.78, 5) is 0. The highest BCUT2D eigenvalue weighted by Gasteiger charge is 1.91. The average Bonchev–Trinajstić information content (AvgIpc) is 1.67. The van der Waals surface area contributed by atoms with Gasteiger partial charge >= 0.3 is 0 Å². The Balaban J connectivity index is 3.66. The predicted molar refractivity (Wildman–Crippen MR) is 38.8 cm³/mol. The van der Waals surface area contributed by atoms with Crippen LogP contribution in [-0.2, 0) is 0 Å². The topological polar surface area (TPSA) is 0 Å². The van der Waals surface area contributed by atoms with Crippen LogP contribution >= 0.6 is 0 Å². The summed E-state index contributed by atoms with van der Waals surface area (Å²) in [5.74, 6) is 0.589. The lowest BCUT2D eigenvalue weighted by Gasteiger charge is -2.00. The molecular weight excluding hydrogens is 96.1 g/mol. The minimum Gasteiger partial charge on any atom is -0.0956 e. The van der Waals surface area contributed by atoms with Gasteiger partial charge in [0.25, 0.3) is 0 Å². The van der Waals surface area contributed by atoms with Crippen molar-refractivity contribution in [2.24, 2.45) is 5.92 Å². The van der Waals surface area contributed by atoms with Crippen LogP contribution in [0, 0.1) is 5.92 Å². The van der Waals surface area contributed by atoms with Crippen LogP contribution in [0.1, 0.15) is 20.8 Å². The van der Waals surface area contributed by atoms with E-state index in [1.807, 2.05) is 19.1 Å². The van der Waals surface area contributed by atoms with Crippen LogP contribution in [0.15, 0.2) is 24.3 Å². The quantitative estimate of drug-likeness (QED) is 0.479. The van der Waals surface area contributed by atoms with Crippen molar-refractivity contribution in [2.45, 2.75) is 20.8 Å². The number of hydrogen-bond acceptors (Lipinski definition) is 0. The van der Waals surface area contributed by atoms with Crippen molar-refractivity contribution >= 4 is 0 Å². The zero-order chi connectivity index (χ0) is 6.57. The first-order valence-electron chi connectivity index (χ1n) is 3.00. The molecule has 0 heterocycles. The summed E-state index contributed by atoms with van der Waals surface area (Å²) >= 11 is 0. The Bertz CT molecular complexity index is 96.6. The molecule has 46 valence electrons. The summed E-state index contributed by atoms with van der Waals surface area (Å²) in [6, 6.07) is 0. The van der Waals surface area contributed by atoms with E-state index < -0.39 is 0 Å². The van der Waals surface area contributed by atoms with E-state index in [0.29, 0.717) is 5.92 Å². The Morgan fingerprint density at radius 2 is 2.00 bits per heavy atom. The predicted octanol–water partition coefficient (Wildman–Crippen LogP) is 2.77. The summed E-state index contributed by atoms with van der Waals surface area (Å²) in [5.41, 5.74) is 1.20. The van der Waals surface area contributed by atoms with Gasteiger partial charge in [0.05, 0.1) is 0 Å². The molecule has 0 aliphatic carbocycles. The van der Waals surface area contributed by atoms with Crippen molar-refractivity contribution in [2.75, 3.05) is 0 Å². The van der Waals surface area contributed by atoms with E-state index in [2.05, 4.69) is 20.4 Å². The maximum Gasteiger partial charge on any atom is -0.0225 e. The van der Waals surface area contributed by atoms with Crippen LogP contribution in [0.25, 0.3) is 0 Å². The molecule has 0 aromatic rings. The maximum atomic E-state index is 3.86. The molecular formula is C8H14. The number of rotatable bonds is 2. The van der Waals surface area contributed by atoms with Gasteiger partial charge in [-0.05, 0) is 12.8 Å². The molecule has 0 atom stereocenters. The Labute approximate surface area is 51.9 Å². The summed E-state index contributed by atoms with van der Waals surface area (Å²) in [5, 5.41) is 0. The monoisotopic (exact) mass is 110 g/mol. The van der Waals surface area contributed by atoms with E-state index in [-0.39, 0.29) is 0 Å². The molecule has 8 heavy (non-hydrogen) atoms. The molecule has 0 radical (unpaired) electrons. The lowest BCUT2D eigenvalue weighted by Crippen LogP contribution is -1.86. The average molecular weight is 110 g/mol. The van der Waals surface area contributed by atoms with E-state index in [0.717, 1.165) is 0 Å². The van der Waals surface area contributed by atoms with Crippen LogP contribution in [0.3, 0.4) is 0 Å². The van der Waals surface area contributed by atoms with E-state index >= 15 is 0 Å². The van der Waals surface area contributed by atoms with E-state index in [1.54, 1.807) is 0 Å². The van der Waals surface area contributed by atoms with Crippen LogP contribution in [0.4, 0.5) is 0 Å². The van der Waals surface area contributed by atoms with Gasteiger partial charge in [-0.1, -0.05) is 38.2 Å². The SMILES string of the molecule is C=C(C=CC)C(C)C. The van der Waals surface area contributed by atoms with Gasteiger partial charge in [0, 0.05) is 0 Å². The Kier molecular flexibility index (Phi) is 3.25. The largest absolute Gasteiger partial charge is 0.0956 e. The van der Waals surface area contributed by atoms with Gasteiger partial charge in [-0.3, -0.25) is 0 Å². The zero-order valence-corrected chi connectivity index (χ0v) is 5.94. The molecule has 0 nitrogen and oxygen atoms in total. The summed E-state index contributed by atoms with van der Waals surface area (Å²) < 4.78 is 0. The van der Waals surface area contributed by atoms with E-state index in [4.69, 9.17) is 0 Å². The van der Waals surface area contributed by atoms with Crippen LogP contribution in [0.5, 0.6) is 0 Å². The minimum atomic E-state index is 0.589. The molecule has 0 rings (SSSR count). The zero-order valence-electron chi connectivity index (χ0n) is 5.94. The van der Waals surface area contributed by atoms with Crippen molar-refractivity contribution in [3.05, 3.63) is 24.3 Å². The van der Waals surface area contributed by atoms with E-state index in [9.17, 15) is 0 Å². The Morgan fingerprint density at radius 1 is 1.50 bits per heavy atom. The third-order valence-corrected chi connectivity index (χ3v) is 1.12. The van der Waals surface area contributed by atoms with Gasteiger partial charge in [-0.2, -0.15) is 0 Å². The second kappa shape index (κ2) is 3.48. The van der Waals surface area contributed by atoms with Gasteiger partial charge in [0.15, 0.2) is 0 Å². The third-order valence-electron chi connectivity index (χ3n) is 1.12. The fraction of sp³-hybridized carbons (Fsp3) is 0.500. The second-order valence-corrected chi connectivity index (χ2v) is 2.23. The van der Waals surface area contributed by atoms with Crippen LogP contribution in [-0.4, -0.2) is 0 Å². The van der Waals surface area contributed by atoms with Gasteiger partial charge in [-0.25, -0.2) is 0 Å². The number of allylic oxidation sites excluding steroid dienone is 3. The third kappa shape index (κ3) is 2.62. The normalized spacial score (nSPS) is 11.0. The highest BCUT2D eigenvalue weighted by molar-refractivity contribution is 5.15. The van der Waals surface area contributed by atoms with E-state index in [1.165, 1.54) is 5.57 Å². The summed E-state index contributed by atoms with van der Waals surface area (Å²) in [7, 11) is 0. The molecule has 0 unspecified atom stereocenters. The number of hydrogen-bond donors (Lipinski definition) is 0. The smallest absolute Gasteiger partial charge is 0.0225 e. The first-order valence-corrected chi connectivity index (χ1v) is 3.00. The highest BCUT2D eigenvalue weighted by Crippen LogP contribution is 2.06. The molecule has 0 spiro atoms. The Hall–Kier alpha value is -0.520. The second-order valence-electron chi connectivity index (χ2n) is 2.23. The fourth-order valence-corrected chi connectivity index (χ4v) is 0.407. The molecule has 0 saturated heterocycles. The van der Waals surface area contributed by atoms with Crippen LogP contribution < -0.4 is 0 Å². The van der Waals surface area contributed by atoms with Gasteiger partial charge in [-0.15, -0.1) is 0 Å². The fourth-order valence-electron chi connectivity index (χ4n) is 0.407. The lowest BCUT2D eigenvalue weighted by atomic mass is 10.1. The first kappa shape index (κ1) is 7.48. The van der Waals surface area contributed by atoms with Gasteiger partial charge in [0.1, 0.15) is 0 Å². The van der Waals surface area contributed by atoms with Gasteiger partial charge in [0.2, 0.25) is 0 Å². The molecule has 0 amide bonds. The molecule has 0 aliphatic heterocycles. The van der Waals surface area contributed by atoms with Crippen molar-refractivity contribution in [1.82, 2.24) is 0 Å². The summed E-state index contributed by atoms with van der Waals surface area (Å²) in [6.07, 6.45) is 4.06. The standard InChI is InChI=1S/C8H14/c1-5-6-8(4)7(2)3/h5-7H,4H2,1-3H3. The summed E-state index contributed by atoms with van der Waals surface area (Å²) in [6.45, 7) is 10.1. The molecule has 0 aromatic carbocycles. The molecule has 0 N–H and O–H groups in total. The van der Waals surface area contributed by atoms with Gasteiger partial charge < -0.3 is 0 Å². The van der Waals surface area contributed by atoms with Crippen LogP contribution in [0.2, 0.25) is 0 Å². The lowest BCUT2D eigenvalue weighted by molar-refractivity contribution is 0.795. The van der Waals surface area contributed by atoms with Crippen molar-refractivity contribution in [3.63, 3.8) is 0 Å². The molecule has 0 aliphatic rings. The van der Waals surface area contributed by atoms with Crippen molar-refractivity contribution < 1.29 is 0 Å². The molecule has 0 saturated carbocycles. The molecule has 0 aromatic heterocycles. The molecule has 0 fully saturated rings. The first-order chi connectivity index (χ1) is 3.68. The van der Waals surface area contributed by atoms with Crippen molar-refractivity contribution in [3.8, 4) is 0 Å². The Morgan fingerprint density at radius 3 is 2.12 bits per heavy atom. The highest BCUT2D eigenvalue weighted by atomic mass is 14.0. The van der Waals surface area contributed by atoms with Crippen molar-refractivity contribution in [1.29, 1.82) is 0 Å². The maximum absolute atomic E-state index is 3.86. The molecule has 0 bridgehead atoms. The molecule has 0 heteroatoms.